The Bertz CT molecular complexity index is 752. The lowest BCUT2D eigenvalue weighted by molar-refractivity contribution is 0.0752. The summed E-state index contributed by atoms with van der Waals surface area (Å²) in [6.45, 7) is 0. The molecule has 1 aromatic carbocycles. The average Bonchev–Trinajstić information content (AvgIpc) is 2.87. The number of hydrazine groups is 1. The summed E-state index contributed by atoms with van der Waals surface area (Å²) in [7, 11) is 1.52. The van der Waals surface area contributed by atoms with Crippen LogP contribution in [0.1, 0.15) is 15.2 Å². The number of amides is 1. The van der Waals surface area contributed by atoms with Gasteiger partial charge in [-0.25, -0.2) is 0 Å². The number of carbonyl (C=O) groups excluding carboxylic acids is 1. The Morgan fingerprint density at radius 2 is 2.09 bits per heavy atom. The van der Waals surface area contributed by atoms with Gasteiger partial charge in [-0.1, -0.05) is 53.5 Å². The van der Waals surface area contributed by atoms with Crippen molar-refractivity contribution in [3.63, 3.8) is 0 Å². The first-order valence-corrected chi connectivity index (χ1v) is 7.58. The van der Waals surface area contributed by atoms with Gasteiger partial charge in [0.25, 0.3) is 5.91 Å². The van der Waals surface area contributed by atoms with Crippen LogP contribution in [0, 0.1) is 11.3 Å². The van der Waals surface area contributed by atoms with Crippen LogP contribution >= 0.6 is 34.7 Å². The maximum atomic E-state index is 12.2. The van der Waals surface area contributed by atoms with Crippen LogP contribution in [0.3, 0.4) is 0 Å². The molecule has 8 heteroatoms. The molecule has 0 unspecified atom stereocenters. The van der Waals surface area contributed by atoms with Gasteiger partial charge in [0.15, 0.2) is 5.15 Å². The molecule has 0 aliphatic rings. The lowest BCUT2D eigenvalue weighted by Crippen LogP contribution is -2.36. The molecule has 0 bridgehead atoms. The van der Waals surface area contributed by atoms with Crippen molar-refractivity contribution in [1.29, 1.82) is 5.26 Å². The van der Waals surface area contributed by atoms with Crippen molar-refractivity contribution in [2.75, 3.05) is 7.05 Å². The summed E-state index contributed by atoms with van der Waals surface area (Å²) in [5.74, 6) is -0.393. The minimum atomic E-state index is -0.393. The standard InChI is InChI=1S/C14H10Cl2N4OS/c1-20(14(21)12-11(15)13(16)19-22-12)18-8-10(7-17)9-5-3-2-4-6-9/h2-6,8,18H,1H3. The van der Waals surface area contributed by atoms with E-state index < -0.39 is 5.91 Å². The van der Waals surface area contributed by atoms with Gasteiger partial charge in [-0.3, -0.25) is 9.80 Å². The number of rotatable bonds is 4. The minimum absolute atomic E-state index is 0.0981. The number of nitriles is 1. The van der Waals surface area contributed by atoms with E-state index >= 15 is 0 Å². The number of hydrogen-bond acceptors (Lipinski definition) is 5. The van der Waals surface area contributed by atoms with E-state index in [1.54, 1.807) is 12.1 Å². The van der Waals surface area contributed by atoms with Crippen molar-refractivity contribution in [3.8, 4) is 6.07 Å². The molecule has 0 aliphatic heterocycles. The number of aromatic nitrogens is 1. The summed E-state index contributed by atoms with van der Waals surface area (Å²) in [5, 5.41) is 10.6. The number of allylic oxidation sites excluding steroid dienone is 1. The van der Waals surface area contributed by atoms with E-state index in [0.717, 1.165) is 17.1 Å². The Balaban J connectivity index is 2.13. The molecule has 0 aliphatic carbocycles. The third-order valence-electron chi connectivity index (χ3n) is 2.70. The number of benzene rings is 1. The second-order valence-corrected chi connectivity index (χ2v) is 5.65. The number of carbonyl (C=O) groups is 1. The fourth-order valence-corrected chi connectivity index (χ4v) is 2.75. The van der Waals surface area contributed by atoms with Crippen LogP contribution in [0.15, 0.2) is 36.5 Å². The molecule has 0 saturated heterocycles. The van der Waals surface area contributed by atoms with Crippen molar-refractivity contribution in [2.24, 2.45) is 0 Å². The molecule has 112 valence electrons. The first-order chi connectivity index (χ1) is 10.5. The van der Waals surface area contributed by atoms with Crippen molar-refractivity contribution < 1.29 is 4.79 Å². The first kappa shape index (κ1) is 16.3. The van der Waals surface area contributed by atoms with Gasteiger partial charge in [0.05, 0.1) is 5.57 Å². The highest BCUT2D eigenvalue weighted by molar-refractivity contribution is 7.09. The molecule has 1 N–H and O–H groups in total. The van der Waals surface area contributed by atoms with E-state index in [9.17, 15) is 10.1 Å². The number of halogens is 2. The molecule has 2 rings (SSSR count). The average molecular weight is 353 g/mol. The van der Waals surface area contributed by atoms with Crippen LogP contribution in [0.25, 0.3) is 5.57 Å². The number of hydrogen-bond donors (Lipinski definition) is 1. The highest BCUT2D eigenvalue weighted by Gasteiger charge is 2.20. The zero-order valence-corrected chi connectivity index (χ0v) is 13.7. The molecule has 1 amide bonds. The third kappa shape index (κ3) is 3.57. The van der Waals surface area contributed by atoms with E-state index in [4.69, 9.17) is 23.2 Å². The lowest BCUT2D eigenvalue weighted by Gasteiger charge is -2.16. The van der Waals surface area contributed by atoms with Crippen molar-refractivity contribution in [3.05, 3.63) is 57.1 Å². The highest BCUT2D eigenvalue weighted by Crippen LogP contribution is 2.29. The Kier molecular flexibility index (Phi) is 5.39. The van der Waals surface area contributed by atoms with E-state index in [-0.39, 0.29) is 15.1 Å². The molecule has 5 nitrogen and oxygen atoms in total. The normalized spacial score (nSPS) is 10.9. The number of nitrogens with one attached hydrogen (secondary N) is 1. The molecule has 0 saturated carbocycles. The van der Waals surface area contributed by atoms with Gasteiger partial charge in [0.2, 0.25) is 0 Å². The topological polar surface area (TPSA) is 69.0 Å². The molecule has 0 radical (unpaired) electrons. The second-order valence-electron chi connectivity index (χ2n) is 4.15. The summed E-state index contributed by atoms with van der Waals surface area (Å²) in [4.78, 5) is 12.4. The smallest absolute Gasteiger partial charge is 0.285 e. The third-order valence-corrected chi connectivity index (χ3v) is 4.49. The van der Waals surface area contributed by atoms with Crippen LogP contribution in [-0.2, 0) is 0 Å². The summed E-state index contributed by atoms with van der Waals surface area (Å²) in [6, 6.07) is 11.2. The Morgan fingerprint density at radius 3 is 2.64 bits per heavy atom. The SMILES string of the molecule is CN(NC=C(C#N)c1ccccc1)C(=O)c1snc(Cl)c1Cl. The van der Waals surface area contributed by atoms with Crippen LogP contribution < -0.4 is 5.43 Å². The molecule has 1 heterocycles. The van der Waals surface area contributed by atoms with E-state index in [2.05, 4.69) is 15.9 Å². The van der Waals surface area contributed by atoms with Crippen LogP contribution in [0.4, 0.5) is 0 Å². The highest BCUT2D eigenvalue weighted by atomic mass is 35.5. The van der Waals surface area contributed by atoms with Gasteiger partial charge >= 0.3 is 0 Å². The molecule has 2 aromatic rings. The zero-order chi connectivity index (χ0) is 16.1. The summed E-state index contributed by atoms with van der Waals surface area (Å²) in [6.07, 6.45) is 1.45. The van der Waals surface area contributed by atoms with E-state index in [1.807, 2.05) is 18.2 Å². The van der Waals surface area contributed by atoms with Crippen molar-refractivity contribution in [1.82, 2.24) is 14.8 Å². The Morgan fingerprint density at radius 1 is 1.41 bits per heavy atom. The summed E-state index contributed by atoms with van der Waals surface area (Å²) < 4.78 is 3.81. The molecule has 1 aromatic heterocycles. The summed E-state index contributed by atoms with van der Waals surface area (Å²) in [5.41, 5.74) is 3.89. The van der Waals surface area contributed by atoms with E-state index in [1.165, 1.54) is 18.3 Å². The van der Waals surface area contributed by atoms with Gasteiger partial charge in [0, 0.05) is 13.2 Å². The molecule has 0 atom stereocenters. The van der Waals surface area contributed by atoms with Gasteiger partial charge in [-0.15, -0.1) is 0 Å². The largest absolute Gasteiger partial charge is 0.302 e. The van der Waals surface area contributed by atoms with E-state index in [0.29, 0.717) is 5.57 Å². The zero-order valence-electron chi connectivity index (χ0n) is 11.4. The fraction of sp³-hybridized carbons (Fsp3) is 0.0714. The summed E-state index contributed by atoms with van der Waals surface area (Å²) >= 11 is 12.6. The Hall–Kier alpha value is -2.07. The molecule has 0 fully saturated rings. The second kappa shape index (κ2) is 7.27. The quantitative estimate of drug-likeness (QED) is 0.674. The van der Waals surface area contributed by atoms with Crippen LogP contribution in [0.2, 0.25) is 10.2 Å². The fourth-order valence-electron chi connectivity index (χ4n) is 1.56. The van der Waals surface area contributed by atoms with Gasteiger partial charge in [-0.2, -0.15) is 9.64 Å². The van der Waals surface area contributed by atoms with Gasteiger partial charge in [0.1, 0.15) is 16.0 Å². The van der Waals surface area contributed by atoms with Crippen LogP contribution in [-0.4, -0.2) is 22.3 Å². The Labute approximate surface area is 141 Å². The first-order valence-electron chi connectivity index (χ1n) is 6.05. The molecule has 0 spiro atoms. The van der Waals surface area contributed by atoms with Gasteiger partial charge < -0.3 is 5.43 Å². The minimum Gasteiger partial charge on any atom is -0.302 e. The predicted octanol–water partition coefficient (Wildman–Crippen LogP) is 3.59. The molecule has 22 heavy (non-hydrogen) atoms. The van der Waals surface area contributed by atoms with Crippen LogP contribution in [0.5, 0.6) is 0 Å². The maximum Gasteiger partial charge on any atom is 0.285 e. The number of nitrogens with zero attached hydrogens (tertiary/aromatic N) is 3. The van der Waals surface area contributed by atoms with Crippen molar-refractivity contribution in [2.45, 2.75) is 0 Å². The molecular formula is C14H10Cl2N4OS. The monoisotopic (exact) mass is 352 g/mol. The van der Waals surface area contributed by atoms with Gasteiger partial charge in [-0.05, 0) is 17.1 Å². The lowest BCUT2D eigenvalue weighted by atomic mass is 10.1. The predicted molar refractivity (Wildman–Crippen MR) is 87.4 cm³/mol. The maximum absolute atomic E-state index is 12.2. The van der Waals surface area contributed by atoms with Crippen molar-refractivity contribution >= 4 is 46.2 Å². The molecular weight excluding hydrogens is 343 g/mol.